The Balaban J connectivity index is 1.94. The molecular weight excluding hydrogens is 240 g/mol. The molecule has 3 aliphatic rings. The maximum atomic E-state index is 3.94. The Hall–Kier alpha value is -0.780. The van der Waals surface area contributed by atoms with Gasteiger partial charge in [-0.05, 0) is 62.7 Å². The van der Waals surface area contributed by atoms with E-state index in [4.69, 9.17) is 0 Å². The van der Waals surface area contributed by atoms with Gasteiger partial charge in [0.1, 0.15) is 0 Å². The zero-order valence-electron chi connectivity index (χ0n) is 13.3. The number of fused-ring (bicyclic) bond motifs is 3. The van der Waals surface area contributed by atoms with Gasteiger partial charge in [-0.25, -0.2) is 0 Å². The summed E-state index contributed by atoms with van der Waals surface area (Å²) < 4.78 is 0. The van der Waals surface area contributed by atoms with Crippen LogP contribution in [-0.2, 0) is 0 Å². The van der Waals surface area contributed by atoms with Crippen LogP contribution in [0.4, 0.5) is 0 Å². The van der Waals surface area contributed by atoms with Crippen molar-refractivity contribution in [3.63, 3.8) is 0 Å². The zero-order valence-corrected chi connectivity index (χ0v) is 13.3. The summed E-state index contributed by atoms with van der Waals surface area (Å²) in [6.07, 6.45) is 19.2. The van der Waals surface area contributed by atoms with Gasteiger partial charge in [0.2, 0.25) is 0 Å². The van der Waals surface area contributed by atoms with Crippen molar-refractivity contribution in [1.82, 2.24) is 0 Å². The van der Waals surface area contributed by atoms with E-state index in [0.717, 1.165) is 23.7 Å². The van der Waals surface area contributed by atoms with E-state index in [9.17, 15) is 0 Å². The van der Waals surface area contributed by atoms with Crippen LogP contribution in [0.25, 0.3) is 0 Å². The Morgan fingerprint density at radius 1 is 1.10 bits per heavy atom. The van der Waals surface area contributed by atoms with Gasteiger partial charge in [-0.15, -0.1) is 0 Å². The third kappa shape index (κ3) is 2.12. The monoisotopic (exact) mass is 270 g/mol. The lowest BCUT2D eigenvalue weighted by Gasteiger charge is -2.53. The molecule has 20 heavy (non-hydrogen) atoms. The molecule has 5 atom stereocenters. The lowest BCUT2D eigenvalue weighted by molar-refractivity contribution is 0.0309. The van der Waals surface area contributed by atoms with Crippen LogP contribution in [0.2, 0.25) is 0 Å². The number of allylic oxidation sites excluding steroid dienone is 5. The molecule has 3 rings (SSSR count). The molecule has 110 valence electrons. The molecule has 0 nitrogen and oxygen atoms in total. The minimum Gasteiger partial charge on any atom is -0.0991 e. The van der Waals surface area contributed by atoms with E-state index in [1.807, 2.05) is 6.08 Å². The van der Waals surface area contributed by atoms with Gasteiger partial charge in [0.25, 0.3) is 0 Å². The predicted octanol–water partition coefficient (Wildman–Crippen LogP) is 5.92. The molecule has 0 bridgehead atoms. The molecule has 0 aliphatic heterocycles. The molecule has 0 radical (unpaired) electrons. The van der Waals surface area contributed by atoms with Crippen LogP contribution in [-0.4, -0.2) is 0 Å². The molecule has 0 N–H and O–H groups in total. The summed E-state index contributed by atoms with van der Waals surface area (Å²) in [4.78, 5) is 0. The van der Waals surface area contributed by atoms with E-state index in [2.05, 4.69) is 38.7 Å². The smallest absolute Gasteiger partial charge is 0.00964 e. The van der Waals surface area contributed by atoms with Crippen molar-refractivity contribution in [3.05, 3.63) is 36.5 Å². The SMILES string of the molecule is C=C/C=C1/CCC2C3CCCC3CCC2C1(C)/C=C\C. The highest BCUT2D eigenvalue weighted by Gasteiger charge is 2.50. The van der Waals surface area contributed by atoms with E-state index in [-0.39, 0.29) is 0 Å². The molecule has 0 aromatic carbocycles. The van der Waals surface area contributed by atoms with Crippen molar-refractivity contribution < 1.29 is 0 Å². The molecule has 5 unspecified atom stereocenters. The second kappa shape index (κ2) is 5.54. The molecule has 0 saturated heterocycles. The van der Waals surface area contributed by atoms with Gasteiger partial charge in [0.05, 0.1) is 0 Å². The molecular formula is C20H30. The van der Waals surface area contributed by atoms with Crippen LogP contribution < -0.4 is 0 Å². The fraction of sp³-hybridized carbons (Fsp3) is 0.700. The van der Waals surface area contributed by atoms with Crippen molar-refractivity contribution in [2.75, 3.05) is 0 Å². The summed E-state index contributed by atoms with van der Waals surface area (Å²) in [5.41, 5.74) is 1.92. The summed E-state index contributed by atoms with van der Waals surface area (Å²) in [7, 11) is 0. The standard InChI is InChI=1S/C20H30/c1-4-7-16-11-12-18-17-9-6-8-15(17)10-13-19(18)20(16,3)14-5-2/h4-5,7,14-15,17-19H,1,6,8-13H2,2-3H3/b14-5-,16-7-. The average Bonchev–Trinajstić information content (AvgIpc) is 2.91. The van der Waals surface area contributed by atoms with Gasteiger partial charge in [0, 0.05) is 5.41 Å². The third-order valence-corrected chi connectivity index (χ3v) is 6.67. The van der Waals surface area contributed by atoms with Crippen LogP contribution in [0.5, 0.6) is 0 Å². The van der Waals surface area contributed by atoms with Crippen LogP contribution in [0, 0.1) is 29.1 Å². The summed E-state index contributed by atoms with van der Waals surface area (Å²) in [6, 6.07) is 0. The topological polar surface area (TPSA) is 0 Å². The molecule has 0 heterocycles. The highest BCUT2D eigenvalue weighted by molar-refractivity contribution is 5.29. The van der Waals surface area contributed by atoms with Gasteiger partial charge in [-0.3, -0.25) is 0 Å². The maximum absolute atomic E-state index is 3.94. The molecule has 3 aliphatic carbocycles. The predicted molar refractivity (Wildman–Crippen MR) is 87.5 cm³/mol. The number of hydrogen-bond acceptors (Lipinski definition) is 0. The molecule has 0 aromatic rings. The van der Waals surface area contributed by atoms with E-state index >= 15 is 0 Å². The molecule has 0 spiro atoms. The molecule has 3 saturated carbocycles. The average molecular weight is 270 g/mol. The Labute approximate surface area is 125 Å². The largest absolute Gasteiger partial charge is 0.0991 e. The summed E-state index contributed by atoms with van der Waals surface area (Å²) in [5, 5.41) is 0. The quantitative estimate of drug-likeness (QED) is 0.546. The van der Waals surface area contributed by atoms with Crippen molar-refractivity contribution >= 4 is 0 Å². The van der Waals surface area contributed by atoms with Crippen molar-refractivity contribution in [1.29, 1.82) is 0 Å². The minimum absolute atomic E-state index is 0.291. The number of rotatable bonds is 2. The Bertz CT molecular complexity index is 427. The van der Waals surface area contributed by atoms with E-state index < -0.39 is 0 Å². The number of hydrogen-bond donors (Lipinski definition) is 0. The van der Waals surface area contributed by atoms with Gasteiger partial charge in [-0.2, -0.15) is 0 Å². The Kier molecular flexibility index (Phi) is 3.93. The molecule has 0 aromatic heterocycles. The normalized spacial score (nSPS) is 46.4. The van der Waals surface area contributed by atoms with E-state index in [1.54, 1.807) is 5.57 Å². The highest BCUT2D eigenvalue weighted by Crippen LogP contribution is 2.59. The van der Waals surface area contributed by atoms with Crippen molar-refractivity contribution in [2.24, 2.45) is 29.1 Å². The van der Waals surface area contributed by atoms with Gasteiger partial charge in [-0.1, -0.05) is 56.2 Å². The zero-order chi connectivity index (χ0) is 14.2. The lowest BCUT2D eigenvalue weighted by atomic mass is 9.52. The van der Waals surface area contributed by atoms with Crippen LogP contribution in [0.3, 0.4) is 0 Å². The summed E-state index contributed by atoms with van der Waals surface area (Å²) in [6.45, 7) is 8.61. The summed E-state index contributed by atoms with van der Waals surface area (Å²) >= 11 is 0. The second-order valence-electron chi connectivity index (χ2n) is 7.45. The molecule has 0 heteroatoms. The van der Waals surface area contributed by atoms with Crippen LogP contribution in [0.1, 0.15) is 58.8 Å². The first kappa shape index (κ1) is 14.2. The summed E-state index contributed by atoms with van der Waals surface area (Å²) in [5.74, 6) is 3.97. The lowest BCUT2D eigenvalue weighted by Crippen LogP contribution is -2.44. The van der Waals surface area contributed by atoms with Gasteiger partial charge < -0.3 is 0 Å². The van der Waals surface area contributed by atoms with Crippen LogP contribution in [0.15, 0.2) is 36.5 Å². The third-order valence-electron chi connectivity index (χ3n) is 6.67. The molecule has 3 fully saturated rings. The minimum atomic E-state index is 0.291. The fourth-order valence-corrected chi connectivity index (χ4v) is 5.87. The van der Waals surface area contributed by atoms with E-state index in [1.165, 1.54) is 44.9 Å². The Morgan fingerprint density at radius 2 is 1.95 bits per heavy atom. The maximum Gasteiger partial charge on any atom is 0.00964 e. The fourth-order valence-electron chi connectivity index (χ4n) is 5.87. The van der Waals surface area contributed by atoms with Crippen molar-refractivity contribution in [3.8, 4) is 0 Å². The first-order valence-corrected chi connectivity index (χ1v) is 8.66. The van der Waals surface area contributed by atoms with Crippen molar-refractivity contribution in [2.45, 2.75) is 58.8 Å². The van der Waals surface area contributed by atoms with E-state index in [0.29, 0.717) is 5.41 Å². The molecule has 0 amide bonds. The first-order valence-electron chi connectivity index (χ1n) is 8.66. The first-order chi connectivity index (χ1) is 9.70. The van der Waals surface area contributed by atoms with Crippen LogP contribution >= 0.6 is 0 Å². The highest BCUT2D eigenvalue weighted by atomic mass is 14.5. The van der Waals surface area contributed by atoms with Gasteiger partial charge >= 0.3 is 0 Å². The Morgan fingerprint density at radius 3 is 2.70 bits per heavy atom. The second-order valence-corrected chi connectivity index (χ2v) is 7.45. The van der Waals surface area contributed by atoms with Gasteiger partial charge in [0.15, 0.2) is 0 Å².